The molecule has 0 aliphatic carbocycles. The fourth-order valence-corrected chi connectivity index (χ4v) is 6.29. The number of hydrogen-bond acceptors (Lipinski definition) is 15. The van der Waals surface area contributed by atoms with E-state index in [0.29, 0.717) is 22.0 Å². The van der Waals surface area contributed by atoms with Gasteiger partial charge in [-0.1, -0.05) is 5.16 Å². The Kier molecular flexibility index (Phi) is 6.89. The smallest absolute Gasteiger partial charge is 0.352 e. The second-order valence-electron chi connectivity index (χ2n) is 7.42. The number of aromatic nitrogens is 7. The van der Waals surface area contributed by atoms with Crippen LogP contribution >= 0.6 is 35.1 Å². The number of carbonyl (C=O) groups is 3. The van der Waals surface area contributed by atoms with Gasteiger partial charge in [-0.3, -0.25) is 14.5 Å². The largest absolute Gasteiger partial charge is 0.477 e. The Bertz CT molecular complexity index is 1450. The Morgan fingerprint density at radius 3 is 2.97 bits per heavy atom. The zero-order chi connectivity index (χ0) is 26.1. The van der Waals surface area contributed by atoms with Crippen molar-refractivity contribution in [2.45, 2.75) is 23.4 Å². The first-order valence-corrected chi connectivity index (χ1v) is 13.4. The van der Waals surface area contributed by atoms with Crippen LogP contribution in [0.3, 0.4) is 0 Å². The molecule has 2 aliphatic heterocycles. The average Bonchev–Trinajstić information content (AvgIpc) is 3.54. The van der Waals surface area contributed by atoms with Crippen LogP contribution in [-0.2, 0) is 19.2 Å². The van der Waals surface area contributed by atoms with Gasteiger partial charge >= 0.3 is 5.97 Å². The second kappa shape index (κ2) is 10.3. The standard InChI is InChI=1S/C18H17N11O5S3/c1-2-34-24-10(13-21-18(19)37-25-13)14(30)20-11-15(31)28-12(17(32)33)7(6-36-16(11)28)5-35-9-4-3-8-22-26-27-29(8)23-9/h3-4,11,16H,2,5-6H2,1H3,(H,20,30)(H,32,33)(H2,19,21,25)/t11?,16-/m0/s1. The number of nitrogen functional groups attached to an aromatic ring is 1. The van der Waals surface area contributed by atoms with Crippen LogP contribution in [0.25, 0.3) is 5.65 Å². The van der Waals surface area contributed by atoms with Crippen LogP contribution in [0.2, 0.25) is 0 Å². The number of nitrogens with zero attached hydrogens (tertiary/aromatic N) is 9. The number of β-lactam (4-membered cyclic amide) rings is 1. The molecule has 2 aliphatic rings. The van der Waals surface area contributed by atoms with Gasteiger partial charge in [-0.15, -0.1) is 38.4 Å². The zero-order valence-corrected chi connectivity index (χ0v) is 21.3. The van der Waals surface area contributed by atoms with Crippen molar-refractivity contribution in [1.29, 1.82) is 0 Å². The molecule has 3 aromatic heterocycles. The number of thioether (sulfide) groups is 2. The number of oxime groups is 1. The molecule has 37 heavy (non-hydrogen) atoms. The highest BCUT2D eigenvalue weighted by Crippen LogP contribution is 2.41. The van der Waals surface area contributed by atoms with Gasteiger partial charge < -0.3 is 21.0 Å². The Hall–Kier alpha value is -3.84. The number of carboxylic acid groups (broad SMARTS) is 1. The number of carbonyl (C=O) groups excluding carboxylic acids is 2. The maximum Gasteiger partial charge on any atom is 0.352 e. The normalized spacial score (nSPS) is 19.5. The average molecular weight is 564 g/mol. The SMILES string of the molecule is CCON=C(C(=O)NC1C(=O)N2C(C(=O)O)=C(CSc3ccc4nnnn4n3)CS[C@@H]12)c1nsc(N)n1. The van der Waals surface area contributed by atoms with E-state index >= 15 is 0 Å². The maximum atomic E-state index is 13.0. The quantitative estimate of drug-likeness (QED) is 0.126. The molecule has 2 atom stereocenters. The first-order valence-electron chi connectivity index (χ1n) is 10.6. The lowest BCUT2D eigenvalue weighted by atomic mass is 10.0. The molecule has 0 bridgehead atoms. The predicted molar refractivity (Wildman–Crippen MR) is 131 cm³/mol. The molecule has 0 radical (unpaired) electrons. The Morgan fingerprint density at radius 1 is 1.41 bits per heavy atom. The number of tetrazole rings is 1. The van der Waals surface area contributed by atoms with Crippen molar-refractivity contribution in [3.05, 3.63) is 29.2 Å². The summed E-state index contributed by atoms with van der Waals surface area (Å²) in [5, 5.41) is 31.7. The lowest BCUT2D eigenvalue weighted by molar-refractivity contribution is -0.150. The summed E-state index contributed by atoms with van der Waals surface area (Å²) >= 11 is 3.52. The Morgan fingerprint density at radius 2 is 2.24 bits per heavy atom. The van der Waals surface area contributed by atoms with E-state index in [0.717, 1.165) is 11.5 Å². The number of nitrogens with one attached hydrogen (secondary N) is 1. The minimum Gasteiger partial charge on any atom is -0.477 e. The molecule has 1 unspecified atom stereocenters. The van der Waals surface area contributed by atoms with Gasteiger partial charge in [0.1, 0.15) is 28.7 Å². The number of nitrogens with two attached hydrogens (primary N) is 1. The van der Waals surface area contributed by atoms with E-state index in [2.05, 4.69) is 40.5 Å². The molecule has 3 aromatic rings. The summed E-state index contributed by atoms with van der Waals surface area (Å²) in [5.74, 6) is -1.94. The molecule has 1 fully saturated rings. The number of anilines is 1. The van der Waals surface area contributed by atoms with Gasteiger partial charge in [0, 0.05) is 23.0 Å². The second-order valence-corrected chi connectivity index (χ2v) is 10.3. The van der Waals surface area contributed by atoms with Crippen LogP contribution < -0.4 is 11.1 Å². The Balaban J connectivity index is 1.30. The van der Waals surface area contributed by atoms with Crippen molar-refractivity contribution in [1.82, 2.24) is 44.8 Å². The number of fused-ring (bicyclic) bond motifs is 2. The third-order valence-electron chi connectivity index (χ3n) is 5.13. The molecule has 5 heterocycles. The summed E-state index contributed by atoms with van der Waals surface area (Å²) in [7, 11) is 0. The van der Waals surface area contributed by atoms with Crippen LogP contribution in [0.15, 0.2) is 33.6 Å². The molecular weight excluding hydrogens is 546 g/mol. The molecule has 1 saturated heterocycles. The van der Waals surface area contributed by atoms with Crippen molar-refractivity contribution in [2.75, 3.05) is 23.8 Å². The fraction of sp³-hybridized carbons (Fsp3) is 0.333. The minimum absolute atomic E-state index is 0.0349. The van der Waals surface area contributed by atoms with E-state index in [1.54, 1.807) is 19.1 Å². The summed E-state index contributed by atoms with van der Waals surface area (Å²) < 4.78 is 5.24. The lowest BCUT2D eigenvalue weighted by Crippen LogP contribution is -2.71. The number of hydrogen-bond donors (Lipinski definition) is 3. The van der Waals surface area contributed by atoms with Gasteiger partial charge in [-0.2, -0.15) is 9.36 Å². The summed E-state index contributed by atoms with van der Waals surface area (Å²) in [4.78, 5) is 48.2. The topological polar surface area (TPSA) is 216 Å². The van der Waals surface area contributed by atoms with E-state index in [1.807, 2.05) is 0 Å². The van der Waals surface area contributed by atoms with Gasteiger partial charge in [0.15, 0.2) is 10.8 Å². The zero-order valence-electron chi connectivity index (χ0n) is 18.8. The predicted octanol–water partition coefficient (Wildman–Crippen LogP) is -0.775. The van der Waals surface area contributed by atoms with Crippen LogP contribution in [0, 0.1) is 0 Å². The molecule has 4 N–H and O–H groups in total. The molecule has 19 heteroatoms. The molecule has 0 saturated carbocycles. The number of aliphatic carboxylic acids is 1. The van der Waals surface area contributed by atoms with Gasteiger partial charge in [0.25, 0.3) is 11.8 Å². The van der Waals surface area contributed by atoms with Gasteiger partial charge in [0.05, 0.1) is 0 Å². The van der Waals surface area contributed by atoms with Crippen molar-refractivity contribution < 1.29 is 24.3 Å². The van der Waals surface area contributed by atoms with E-state index in [1.165, 1.54) is 33.1 Å². The highest BCUT2D eigenvalue weighted by molar-refractivity contribution is 8.01. The van der Waals surface area contributed by atoms with Gasteiger partial charge in [-0.25, -0.2) is 4.79 Å². The van der Waals surface area contributed by atoms with E-state index in [-0.39, 0.29) is 34.7 Å². The van der Waals surface area contributed by atoms with E-state index < -0.39 is 29.2 Å². The van der Waals surface area contributed by atoms with E-state index in [4.69, 9.17) is 10.6 Å². The van der Waals surface area contributed by atoms with Crippen LogP contribution in [0.1, 0.15) is 12.7 Å². The summed E-state index contributed by atoms with van der Waals surface area (Å²) in [5.41, 5.74) is 6.30. The molecule has 5 rings (SSSR count). The molecular formula is C18H17N11O5S3. The van der Waals surface area contributed by atoms with Crippen LogP contribution in [0.4, 0.5) is 5.13 Å². The van der Waals surface area contributed by atoms with Crippen molar-refractivity contribution >= 4 is 69.3 Å². The summed E-state index contributed by atoms with van der Waals surface area (Å²) in [6, 6.07) is 2.45. The van der Waals surface area contributed by atoms with Crippen LogP contribution in [0.5, 0.6) is 0 Å². The van der Waals surface area contributed by atoms with Crippen molar-refractivity contribution in [3.8, 4) is 0 Å². The van der Waals surface area contributed by atoms with Gasteiger partial charge in [0.2, 0.25) is 11.5 Å². The number of amides is 2. The van der Waals surface area contributed by atoms with Crippen molar-refractivity contribution in [2.24, 2.45) is 5.16 Å². The maximum absolute atomic E-state index is 13.0. The van der Waals surface area contributed by atoms with E-state index in [9.17, 15) is 19.5 Å². The minimum atomic E-state index is -1.23. The first-order chi connectivity index (χ1) is 17.9. The third kappa shape index (κ3) is 4.79. The number of rotatable bonds is 9. The van der Waals surface area contributed by atoms with Crippen molar-refractivity contribution in [3.63, 3.8) is 0 Å². The molecule has 2 amide bonds. The molecule has 0 spiro atoms. The number of carboxylic acids is 1. The summed E-state index contributed by atoms with van der Waals surface area (Å²) in [6.07, 6.45) is 0. The fourth-order valence-electron chi connectivity index (χ4n) is 3.52. The Labute approximate surface area is 219 Å². The monoisotopic (exact) mass is 563 g/mol. The summed E-state index contributed by atoms with van der Waals surface area (Å²) in [6.45, 7) is 1.88. The lowest BCUT2D eigenvalue weighted by Gasteiger charge is -2.49. The van der Waals surface area contributed by atoms with Crippen LogP contribution in [-0.4, -0.2) is 97.6 Å². The first kappa shape index (κ1) is 24.8. The molecule has 192 valence electrons. The highest BCUT2D eigenvalue weighted by Gasteiger charge is 2.54. The third-order valence-corrected chi connectivity index (χ3v) is 8.02. The van der Waals surface area contributed by atoms with Gasteiger partial charge in [-0.05, 0) is 35.1 Å². The molecule has 0 aromatic carbocycles. The molecule has 16 nitrogen and oxygen atoms in total. The highest BCUT2D eigenvalue weighted by atomic mass is 32.2.